The fourth-order valence-corrected chi connectivity index (χ4v) is 3.11. The third kappa shape index (κ3) is 4.26. The molecule has 0 aliphatic carbocycles. The molecule has 0 aromatic rings. The molecule has 1 aliphatic rings. The Morgan fingerprint density at radius 1 is 1.06 bits per heavy atom. The predicted molar refractivity (Wildman–Crippen MR) is 76.5 cm³/mol. The summed E-state index contributed by atoms with van der Waals surface area (Å²) in [6.07, 6.45) is 8.17. The van der Waals surface area contributed by atoms with Gasteiger partial charge >= 0.3 is 0 Å². The number of hydrogen-bond donors (Lipinski definition) is 1. The van der Waals surface area contributed by atoms with E-state index < -0.39 is 0 Å². The number of nitrogens with one attached hydrogen (secondary N) is 1. The van der Waals surface area contributed by atoms with Crippen LogP contribution in [0.4, 0.5) is 0 Å². The van der Waals surface area contributed by atoms with E-state index in [9.17, 15) is 0 Å². The lowest BCUT2D eigenvalue weighted by Crippen LogP contribution is -2.58. The van der Waals surface area contributed by atoms with E-state index in [2.05, 4.69) is 37.9 Å². The van der Waals surface area contributed by atoms with Crippen molar-refractivity contribution in [2.45, 2.75) is 77.8 Å². The van der Waals surface area contributed by atoms with E-state index in [1.807, 2.05) is 0 Å². The van der Waals surface area contributed by atoms with Crippen molar-refractivity contribution in [2.75, 3.05) is 19.6 Å². The summed E-state index contributed by atoms with van der Waals surface area (Å²) in [6, 6.07) is 0.635. The van der Waals surface area contributed by atoms with Crippen molar-refractivity contribution in [3.05, 3.63) is 0 Å². The molecule has 0 aromatic carbocycles. The van der Waals surface area contributed by atoms with Gasteiger partial charge in [0.1, 0.15) is 0 Å². The number of likely N-dealkylation sites (tertiary alicyclic amines) is 1. The standard InChI is InChI=1S/C15H32N2/c1-5-11-14(16-6-2)15(3,4)17-12-9-7-8-10-13-17/h14,16H,5-13H2,1-4H3. The monoisotopic (exact) mass is 240 g/mol. The third-order valence-electron chi connectivity index (χ3n) is 4.30. The summed E-state index contributed by atoms with van der Waals surface area (Å²) in [5.41, 5.74) is 0.302. The summed E-state index contributed by atoms with van der Waals surface area (Å²) >= 11 is 0. The van der Waals surface area contributed by atoms with Crippen LogP contribution in [0.3, 0.4) is 0 Å². The summed E-state index contributed by atoms with van der Waals surface area (Å²) in [7, 11) is 0. The fraction of sp³-hybridized carbons (Fsp3) is 1.00. The molecule has 102 valence electrons. The maximum atomic E-state index is 3.70. The van der Waals surface area contributed by atoms with E-state index >= 15 is 0 Å². The van der Waals surface area contributed by atoms with Gasteiger partial charge in [0, 0.05) is 11.6 Å². The maximum Gasteiger partial charge on any atom is 0.0306 e. The van der Waals surface area contributed by atoms with Crippen molar-refractivity contribution in [3.63, 3.8) is 0 Å². The van der Waals surface area contributed by atoms with Crippen LogP contribution in [0.1, 0.15) is 66.2 Å². The van der Waals surface area contributed by atoms with Crippen LogP contribution in [0.5, 0.6) is 0 Å². The van der Waals surface area contributed by atoms with Gasteiger partial charge in [-0.2, -0.15) is 0 Å². The summed E-state index contributed by atoms with van der Waals surface area (Å²) in [5.74, 6) is 0. The lowest BCUT2D eigenvalue weighted by molar-refractivity contribution is 0.0803. The maximum absolute atomic E-state index is 3.70. The molecule has 2 nitrogen and oxygen atoms in total. The highest BCUT2D eigenvalue weighted by atomic mass is 15.2. The summed E-state index contributed by atoms with van der Waals surface area (Å²) < 4.78 is 0. The molecule has 17 heavy (non-hydrogen) atoms. The summed E-state index contributed by atoms with van der Waals surface area (Å²) in [5, 5.41) is 3.70. The lowest BCUT2D eigenvalue weighted by Gasteiger charge is -2.44. The van der Waals surface area contributed by atoms with E-state index in [4.69, 9.17) is 0 Å². The Balaban J connectivity index is 2.65. The number of rotatable bonds is 6. The first kappa shape index (κ1) is 15.0. The van der Waals surface area contributed by atoms with Crippen LogP contribution >= 0.6 is 0 Å². The summed E-state index contributed by atoms with van der Waals surface area (Å²) in [6.45, 7) is 13.0. The molecular weight excluding hydrogens is 208 g/mol. The van der Waals surface area contributed by atoms with Gasteiger partial charge in [0.05, 0.1) is 0 Å². The molecule has 1 N–H and O–H groups in total. The lowest BCUT2D eigenvalue weighted by atomic mass is 9.88. The molecule has 2 heteroatoms. The van der Waals surface area contributed by atoms with Gasteiger partial charge in [-0.15, -0.1) is 0 Å². The minimum atomic E-state index is 0.302. The second-order valence-electron chi connectivity index (χ2n) is 5.95. The highest BCUT2D eigenvalue weighted by molar-refractivity contribution is 4.93. The quantitative estimate of drug-likeness (QED) is 0.765. The average molecular weight is 240 g/mol. The first-order chi connectivity index (χ1) is 8.12. The zero-order chi connectivity index (χ0) is 12.7. The van der Waals surface area contributed by atoms with E-state index in [0.29, 0.717) is 11.6 Å². The van der Waals surface area contributed by atoms with Gasteiger partial charge in [-0.1, -0.05) is 33.1 Å². The van der Waals surface area contributed by atoms with E-state index in [0.717, 1.165) is 6.54 Å². The first-order valence-corrected chi connectivity index (χ1v) is 7.61. The van der Waals surface area contributed by atoms with Crippen molar-refractivity contribution in [3.8, 4) is 0 Å². The first-order valence-electron chi connectivity index (χ1n) is 7.61. The van der Waals surface area contributed by atoms with Crippen molar-refractivity contribution in [2.24, 2.45) is 0 Å². The van der Waals surface area contributed by atoms with Gasteiger partial charge in [-0.3, -0.25) is 4.90 Å². The van der Waals surface area contributed by atoms with Crippen LogP contribution < -0.4 is 5.32 Å². The van der Waals surface area contributed by atoms with Crippen molar-refractivity contribution < 1.29 is 0 Å². The zero-order valence-electron chi connectivity index (χ0n) is 12.4. The minimum Gasteiger partial charge on any atom is -0.312 e. The Labute approximate surface area is 108 Å². The van der Waals surface area contributed by atoms with Crippen molar-refractivity contribution in [1.29, 1.82) is 0 Å². The molecule has 1 unspecified atom stereocenters. The van der Waals surface area contributed by atoms with Gasteiger partial charge in [0.15, 0.2) is 0 Å². The van der Waals surface area contributed by atoms with Crippen LogP contribution in [0.15, 0.2) is 0 Å². The molecule has 0 saturated carbocycles. The third-order valence-corrected chi connectivity index (χ3v) is 4.30. The molecule has 0 radical (unpaired) electrons. The van der Waals surface area contributed by atoms with E-state index in [1.165, 1.54) is 51.6 Å². The molecule has 0 amide bonds. The van der Waals surface area contributed by atoms with Crippen LogP contribution in [0.2, 0.25) is 0 Å². The minimum absolute atomic E-state index is 0.302. The SMILES string of the molecule is CCCC(NCC)C(C)(C)N1CCCCCC1. The number of likely N-dealkylation sites (N-methyl/N-ethyl adjacent to an activating group) is 1. The topological polar surface area (TPSA) is 15.3 Å². The zero-order valence-corrected chi connectivity index (χ0v) is 12.4. The van der Waals surface area contributed by atoms with Crippen molar-refractivity contribution >= 4 is 0 Å². The van der Waals surface area contributed by atoms with Crippen molar-refractivity contribution in [1.82, 2.24) is 10.2 Å². The normalized spacial score (nSPS) is 21.2. The molecule has 0 aromatic heterocycles. The highest BCUT2D eigenvalue weighted by Gasteiger charge is 2.34. The van der Waals surface area contributed by atoms with Crippen LogP contribution in [-0.2, 0) is 0 Å². The Morgan fingerprint density at radius 2 is 1.65 bits per heavy atom. The van der Waals surface area contributed by atoms with Gasteiger partial charge < -0.3 is 5.32 Å². The summed E-state index contributed by atoms with van der Waals surface area (Å²) in [4.78, 5) is 2.73. The molecule has 1 saturated heterocycles. The molecule has 1 heterocycles. The second kappa shape index (κ2) is 7.38. The van der Waals surface area contributed by atoms with Gasteiger partial charge in [-0.05, 0) is 52.7 Å². The molecule has 0 spiro atoms. The molecule has 1 rings (SSSR count). The Morgan fingerprint density at radius 3 is 2.12 bits per heavy atom. The Kier molecular flexibility index (Phi) is 6.50. The average Bonchev–Trinajstić information content (AvgIpc) is 2.57. The van der Waals surface area contributed by atoms with Crippen LogP contribution in [-0.4, -0.2) is 36.1 Å². The Bertz CT molecular complexity index is 183. The second-order valence-corrected chi connectivity index (χ2v) is 5.95. The number of hydrogen-bond acceptors (Lipinski definition) is 2. The predicted octanol–water partition coefficient (Wildman–Crippen LogP) is 3.42. The molecular formula is C15H32N2. The fourth-order valence-electron chi connectivity index (χ4n) is 3.11. The van der Waals surface area contributed by atoms with Crippen LogP contribution in [0.25, 0.3) is 0 Å². The molecule has 0 bridgehead atoms. The smallest absolute Gasteiger partial charge is 0.0306 e. The van der Waals surface area contributed by atoms with Gasteiger partial charge in [0.25, 0.3) is 0 Å². The van der Waals surface area contributed by atoms with Crippen LogP contribution in [0, 0.1) is 0 Å². The molecule has 1 fully saturated rings. The van der Waals surface area contributed by atoms with E-state index in [1.54, 1.807) is 0 Å². The van der Waals surface area contributed by atoms with Gasteiger partial charge in [0.2, 0.25) is 0 Å². The number of nitrogens with zero attached hydrogens (tertiary/aromatic N) is 1. The van der Waals surface area contributed by atoms with Gasteiger partial charge in [-0.25, -0.2) is 0 Å². The van der Waals surface area contributed by atoms with E-state index in [-0.39, 0.29) is 0 Å². The molecule has 1 aliphatic heterocycles. The molecule has 1 atom stereocenters. The largest absolute Gasteiger partial charge is 0.312 e. The highest BCUT2D eigenvalue weighted by Crippen LogP contribution is 2.25. The Hall–Kier alpha value is -0.0800.